The highest BCUT2D eigenvalue weighted by atomic mass is 35.5. The molecule has 5 heteroatoms. The lowest BCUT2D eigenvalue weighted by atomic mass is 9.87. The number of carbonyl (C=O) groups is 1. The van der Waals surface area contributed by atoms with E-state index < -0.39 is 0 Å². The van der Waals surface area contributed by atoms with Gasteiger partial charge in [0.1, 0.15) is 10.8 Å². The van der Waals surface area contributed by atoms with E-state index in [-0.39, 0.29) is 17.4 Å². The molecular formula is C12H16ClN3O. The lowest BCUT2D eigenvalue weighted by molar-refractivity contribution is 0.0904. The van der Waals surface area contributed by atoms with Gasteiger partial charge >= 0.3 is 0 Å². The Bertz CT molecular complexity index is 416. The molecule has 1 fully saturated rings. The molecule has 17 heavy (non-hydrogen) atoms. The number of hydrogen-bond donors (Lipinski definition) is 1. The molecule has 0 radical (unpaired) electrons. The minimum atomic E-state index is -0.172. The third-order valence-corrected chi connectivity index (χ3v) is 3.61. The zero-order valence-corrected chi connectivity index (χ0v) is 10.8. The number of amides is 1. The van der Waals surface area contributed by atoms with Crippen molar-refractivity contribution in [3.8, 4) is 0 Å². The van der Waals surface area contributed by atoms with Crippen LogP contribution in [0.5, 0.6) is 0 Å². The number of aromatic nitrogens is 2. The van der Waals surface area contributed by atoms with Crippen molar-refractivity contribution in [3.05, 3.63) is 23.2 Å². The molecule has 1 atom stereocenters. The topological polar surface area (TPSA) is 54.9 Å². The second-order valence-electron chi connectivity index (χ2n) is 5.13. The predicted octanol–water partition coefficient (Wildman–Crippen LogP) is 2.44. The molecule has 0 saturated heterocycles. The molecule has 0 aromatic carbocycles. The summed E-state index contributed by atoms with van der Waals surface area (Å²) in [6, 6.07) is 0.215. The maximum absolute atomic E-state index is 11.9. The first-order valence-corrected chi connectivity index (χ1v) is 6.15. The fraction of sp³-hybridized carbons (Fsp3) is 0.583. The lowest BCUT2D eigenvalue weighted by Crippen LogP contribution is -2.41. The smallest absolute Gasteiger partial charge is 0.271 e. The van der Waals surface area contributed by atoms with Crippen LogP contribution in [-0.4, -0.2) is 21.9 Å². The fourth-order valence-corrected chi connectivity index (χ4v) is 2.35. The van der Waals surface area contributed by atoms with Crippen molar-refractivity contribution < 1.29 is 4.79 Å². The summed E-state index contributed by atoms with van der Waals surface area (Å²) in [5, 5.41) is 3.31. The van der Waals surface area contributed by atoms with Crippen LogP contribution in [0.1, 0.15) is 43.6 Å². The van der Waals surface area contributed by atoms with Crippen LogP contribution in [0.3, 0.4) is 0 Å². The van der Waals surface area contributed by atoms with Crippen LogP contribution in [-0.2, 0) is 0 Å². The zero-order valence-electron chi connectivity index (χ0n) is 10.0. The first-order chi connectivity index (χ1) is 7.99. The Morgan fingerprint density at radius 3 is 2.76 bits per heavy atom. The summed E-state index contributed by atoms with van der Waals surface area (Å²) in [4.78, 5) is 19.8. The number of hydrogen-bond acceptors (Lipinski definition) is 3. The highest BCUT2D eigenvalue weighted by Crippen LogP contribution is 2.37. The molecule has 1 aromatic rings. The van der Waals surface area contributed by atoms with Crippen molar-refractivity contribution in [2.75, 3.05) is 0 Å². The van der Waals surface area contributed by atoms with Gasteiger partial charge in [0.25, 0.3) is 5.91 Å². The van der Waals surface area contributed by atoms with Gasteiger partial charge in [-0.15, -0.1) is 0 Å². The normalized spacial score (nSPS) is 22.4. The molecule has 1 heterocycles. The van der Waals surface area contributed by atoms with Crippen molar-refractivity contribution in [2.24, 2.45) is 5.41 Å². The Morgan fingerprint density at radius 1 is 1.47 bits per heavy atom. The first-order valence-electron chi connectivity index (χ1n) is 5.77. The SMILES string of the molecule is CC1(C)CCCC1NC(=O)c1cnc(Cl)cn1. The molecule has 4 nitrogen and oxygen atoms in total. The Labute approximate surface area is 106 Å². The summed E-state index contributed by atoms with van der Waals surface area (Å²) < 4.78 is 0. The quantitative estimate of drug-likeness (QED) is 0.881. The van der Waals surface area contributed by atoms with Crippen molar-refractivity contribution in [1.29, 1.82) is 0 Å². The van der Waals surface area contributed by atoms with Crippen molar-refractivity contribution in [3.63, 3.8) is 0 Å². The predicted molar refractivity (Wildman–Crippen MR) is 65.9 cm³/mol. The Morgan fingerprint density at radius 2 is 2.24 bits per heavy atom. The van der Waals surface area contributed by atoms with Gasteiger partial charge in [0.05, 0.1) is 12.4 Å². The van der Waals surface area contributed by atoms with E-state index in [4.69, 9.17) is 11.6 Å². The summed E-state index contributed by atoms with van der Waals surface area (Å²) in [6.07, 6.45) is 6.12. The minimum absolute atomic E-state index is 0.162. The van der Waals surface area contributed by atoms with Crippen LogP contribution in [0, 0.1) is 5.41 Å². The summed E-state index contributed by atoms with van der Waals surface area (Å²) in [5.74, 6) is -0.172. The van der Waals surface area contributed by atoms with Crippen LogP contribution in [0.2, 0.25) is 5.15 Å². The second kappa shape index (κ2) is 4.61. The molecule has 0 aliphatic heterocycles. The summed E-state index contributed by atoms with van der Waals surface area (Å²) in [7, 11) is 0. The Kier molecular flexibility index (Phi) is 3.33. The monoisotopic (exact) mass is 253 g/mol. The maximum atomic E-state index is 11.9. The van der Waals surface area contributed by atoms with E-state index in [2.05, 4.69) is 29.1 Å². The Balaban J connectivity index is 2.04. The van der Waals surface area contributed by atoms with Gasteiger partial charge in [0, 0.05) is 6.04 Å². The van der Waals surface area contributed by atoms with Crippen LogP contribution in [0.25, 0.3) is 0 Å². The Hall–Kier alpha value is -1.16. The van der Waals surface area contributed by atoms with E-state index in [1.165, 1.54) is 12.4 Å². The highest BCUT2D eigenvalue weighted by molar-refractivity contribution is 6.29. The van der Waals surface area contributed by atoms with Gasteiger partial charge in [0.2, 0.25) is 0 Å². The summed E-state index contributed by atoms with van der Waals surface area (Å²) >= 11 is 5.63. The van der Waals surface area contributed by atoms with Gasteiger partial charge < -0.3 is 5.32 Å². The molecular weight excluding hydrogens is 238 g/mol. The molecule has 92 valence electrons. The van der Waals surface area contributed by atoms with E-state index in [1.807, 2.05) is 0 Å². The van der Waals surface area contributed by atoms with Crippen LogP contribution < -0.4 is 5.32 Å². The third kappa shape index (κ3) is 2.75. The lowest BCUT2D eigenvalue weighted by Gasteiger charge is -2.27. The van der Waals surface area contributed by atoms with Gasteiger partial charge in [-0.25, -0.2) is 9.97 Å². The molecule has 2 rings (SSSR count). The van der Waals surface area contributed by atoms with E-state index >= 15 is 0 Å². The van der Waals surface area contributed by atoms with Gasteiger partial charge in [0.15, 0.2) is 0 Å². The van der Waals surface area contributed by atoms with Gasteiger partial charge in [-0.2, -0.15) is 0 Å². The first kappa shape index (κ1) is 12.3. The molecule has 1 amide bonds. The maximum Gasteiger partial charge on any atom is 0.271 e. The van der Waals surface area contributed by atoms with E-state index in [0.29, 0.717) is 10.8 Å². The standard InChI is InChI=1S/C12H16ClN3O/c1-12(2)5-3-4-9(12)16-11(17)8-6-15-10(13)7-14-8/h6-7,9H,3-5H2,1-2H3,(H,16,17). The zero-order chi connectivity index (χ0) is 12.5. The fourth-order valence-electron chi connectivity index (χ4n) is 2.26. The van der Waals surface area contributed by atoms with Crippen LogP contribution in [0.15, 0.2) is 12.4 Å². The molecule has 1 aromatic heterocycles. The van der Waals surface area contributed by atoms with Crippen molar-refractivity contribution in [1.82, 2.24) is 15.3 Å². The average molecular weight is 254 g/mol. The van der Waals surface area contributed by atoms with Gasteiger partial charge in [-0.1, -0.05) is 31.9 Å². The summed E-state index contributed by atoms with van der Waals surface area (Å²) in [5.41, 5.74) is 0.479. The molecule has 0 spiro atoms. The molecule has 1 aliphatic rings. The van der Waals surface area contributed by atoms with Gasteiger partial charge in [-0.3, -0.25) is 4.79 Å². The molecule has 1 saturated carbocycles. The van der Waals surface area contributed by atoms with Crippen LogP contribution in [0.4, 0.5) is 0 Å². The number of carbonyl (C=O) groups excluding carboxylic acids is 1. The summed E-state index contributed by atoms with van der Waals surface area (Å²) in [6.45, 7) is 4.36. The molecule has 1 aliphatic carbocycles. The molecule has 0 bridgehead atoms. The third-order valence-electron chi connectivity index (χ3n) is 3.42. The second-order valence-corrected chi connectivity index (χ2v) is 5.52. The van der Waals surface area contributed by atoms with Crippen molar-refractivity contribution in [2.45, 2.75) is 39.2 Å². The number of rotatable bonds is 2. The molecule has 1 N–H and O–H groups in total. The van der Waals surface area contributed by atoms with Crippen molar-refractivity contribution >= 4 is 17.5 Å². The number of halogens is 1. The van der Waals surface area contributed by atoms with E-state index in [1.54, 1.807) is 0 Å². The van der Waals surface area contributed by atoms with Gasteiger partial charge in [-0.05, 0) is 18.3 Å². The highest BCUT2D eigenvalue weighted by Gasteiger charge is 2.35. The molecule has 1 unspecified atom stereocenters. The minimum Gasteiger partial charge on any atom is -0.347 e. The number of nitrogens with one attached hydrogen (secondary N) is 1. The number of nitrogens with zero attached hydrogens (tertiary/aromatic N) is 2. The van der Waals surface area contributed by atoms with Crippen LogP contribution >= 0.6 is 11.6 Å². The average Bonchev–Trinajstić information content (AvgIpc) is 2.59. The van der Waals surface area contributed by atoms with E-state index in [0.717, 1.165) is 19.3 Å². The largest absolute Gasteiger partial charge is 0.347 e. The van der Waals surface area contributed by atoms with E-state index in [9.17, 15) is 4.79 Å².